The highest BCUT2D eigenvalue weighted by molar-refractivity contribution is 7.99. The number of carbonyl (C=O) groups is 2. The number of hydrogen-bond acceptors (Lipinski definition) is 3. The van der Waals surface area contributed by atoms with Crippen LogP contribution in [0.5, 0.6) is 0 Å². The molecule has 1 N–H and O–H groups in total. The highest BCUT2D eigenvalue weighted by Crippen LogP contribution is 2.25. The van der Waals surface area contributed by atoms with E-state index >= 15 is 0 Å². The van der Waals surface area contributed by atoms with E-state index in [1.807, 2.05) is 45.0 Å². The molecule has 0 heterocycles. The first-order chi connectivity index (χ1) is 14.5. The molecule has 0 aromatic heterocycles. The fourth-order valence-electron chi connectivity index (χ4n) is 2.84. The van der Waals surface area contributed by atoms with E-state index in [9.17, 15) is 9.59 Å². The van der Waals surface area contributed by atoms with Crippen LogP contribution in [0.4, 0.5) is 0 Å². The van der Waals surface area contributed by atoms with Crippen LogP contribution in [0.2, 0.25) is 15.1 Å². The van der Waals surface area contributed by atoms with E-state index in [0.29, 0.717) is 20.8 Å². The minimum Gasteiger partial charge on any atom is -0.350 e. The van der Waals surface area contributed by atoms with Crippen molar-refractivity contribution in [3.8, 4) is 0 Å². The van der Waals surface area contributed by atoms with Crippen LogP contribution in [0.15, 0.2) is 42.5 Å². The Morgan fingerprint density at radius 3 is 2.32 bits per heavy atom. The predicted octanol–water partition coefficient (Wildman–Crippen LogP) is 6.21. The monoisotopic (exact) mass is 500 g/mol. The summed E-state index contributed by atoms with van der Waals surface area (Å²) in [5.74, 6) is 0.439. The Labute approximate surface area is 203 Å². The highest BCUT2D eigenvalue weighted by atomic mass is 35.5. The lowest BCUT2D eigenvalue weighted by Gasteiger charge is -2.31. The van der Waals surface area contributed by atoms with Gasteiger partial charge in [-0.2, -0.15) is 0 Å². The van der Waals surface area contributed by atoms with Gasteiger partial charge in [-0.1, -0.05) is 59.1 Å². The molecule has 1 atom stereocenters. The number of nitrogens with one attached hydrogen (secondary N) is 1. The van der Waals surface area contributed by atoms with E-state index in [4.69, 9.17) is 34.8 Å². The van der Waals surface area contributed by atoms with Crippen molar-refractivity contribution in [2.75, 3.05) is 5.75 Å². The molecule has 0 saturated heterocycles. The van der Waals surface area contributed by atoms with Crippen molar-refractivity contribution in [1.29, 1.82) is 0 Å². The third-order valence-corrected chi connectivity index (χ3v) is 6.38. The Bertz CT molecular complexity index is 931. The standard InChI is InChI=1S/C23H27Cl3N2O2S/c1-15(22(30)27-23(2,3)4)28(12-16-9-10-18(24)11-20(16)26)21(29)14-31-13-17-7-5-6-8-19(17)25/h5-11,15H,12-14H2,1-4H3,(H,27,30)/t15-/m1/s1. The smallest absolute Gasteiger partial charge is 0.242 e. The van der Waals surface area contributed by atoms with Crippen LogP contribution < -0.4 is 5.32 Å². The van der Waals surface area contributed by atoms with Gasteiger partial charge in [-0.3, -0.25) is 9.59 Å². The van der Waals surface area contributed by atoms with Crippen molar-refractivity contribution in [3.63, 3.8) is 0 Å². The van der Waals surface area contributed by atoms with Crippen molar-refractivity contribution in [1.82, 2.24) is 10.2 Å². The van der Waals surface area contributed by atoms with Gasteiger partial charge >= 0.3 is 0 Å². The predicted molar refractivity (Wildman–Crippen MR) is 132 cm³/mol. The zero-order valence-corrected chi connectivity index (χ0v) is 21.1. The zero-order valence-electron chi connectivity index (χ0n) is 18.0. The lowest BCUT2D eigenvalue weighted by molar-refractivity contribution is -0.139. The van der Waals surface area contributed by atoms with Crippen LogP contribution in [0.1, 0.15) is 38.8 Å². The Hall–Kier alpha value is -1.40. The minimum atomic E-state index is -0.667. The van der Waals surface area contributed by atoms with E-state index < -0.39 is 11.6 Å². The molecule has 2 amide bonds. The molecule has 4 nitrogen and oxygen atoms in total. The largest absolute Gasteiger partial charge is 0.350 e. The molecule has 0 aliphatic rings. The van der Waals surface area contributed by atoms with Crippen LogP contribution in [0, 0.1) is 0 Å². The highest BCUT2D eigenvalue weighted by Gasteiger charge is 2.28. The number of benzene rings is 2. The van der Waals surface area contributed by atoms with Crippen molar-refractivity contribution in [3.05, 3.63) is 68.7 Å². The van der Waals surface area contributed by atoms with Gasteiger partial charge in [-0.05, 0) is 57.0 Å². The topological polar surface area (TPSA) is 49.4 Å². The summed E-state index contributed by atoms with van der Waals surface area (Å²) in [6.07, 6.45) is 0. The molecular formula is C23H27Cl3N2O2S. The normalized spacial score (nSPS) is 12.4. The van der Waals surface area contributed by atoms with Crippen LogP contribution in [0.3, 0.4) is 0 Å². The molecular weight excluding hydrogens is 475 g/mol. The molecule has 31 heavy (non-hydrogen) atoms. The molecule has 0 unspecified atom stereocenters. The van der Waals surface area contributed by atoms with E-state index in [1.54, 1.807) is 30.0 Å². The Kier molecular flexibility index (Phi) is 9.56. The first kappa shape index (κ1) is 25.9. The average molecular weight is 502 g/mol. The summed E-state index contributed by atoms with van der Waals surface area (Å²) in [5, 5.41) is 4.58. The van der Waals surface area contributed by atoms with Crippen molar-refractivity contribution < 1.29 is 9.59 Å². The third-order valence-electron chi connectivity index (χ3n) is 4.46. The van der Waals surface area contributed by atoms with Crippen molar-refractivity contribution >= 4 is 58.4 Å². The fourth-order valence-corrected chi connectivity index (χ4v) is 4.50. The summed E-state index contributed by atoms with van der Waals surface area (Å²) in [5.41, 5.74) is 1.29. The van der Waals surface area contributed by atoms with Gasteiger partial charge in [0, 0.05) is 32.9 Å². The summed E-state index contributed by atoms with van der Waals surface area (Å²) >= 11 is 20.0. The Morgan fingerprint density at radius 2 is 1.71 bits per heavy atom. The summed E-state index contributed by atoms with van der Waals surface area (Å²) in [6.45, 7) is 7.64. The van der Waals surface area contributed by atoms with Crippen LogP contribution in [0.25, 0.3) is 0 Å². The van der Waals surface area contributed by atoms with Crippen LogP contribution in [-0.2, 0) is 21.9 Å². The molecule has 2 aromatic rings. The second-order valence-corrected chi connectivity index (χ2v) is 10.5. The Balaban J connectivity index is 2.16. The van der Waals surface area contributed by atoms with Gasteiger partial charge in [0.25, 0.3) is 0 Å². The molecule has 0 bridgehead atoms. The maximum absolute atomic E-state index is 13.1. The summed E-state index contributed by atoms with van der Waals surface area (Å²) in [6, 6.07) is 12.0. The van der Waals surface area contributed by atoms with E-state index in [1.165, 1.54) is 11.8 Å². The number of carbonyl (C=O) groups excluding carboxylic acids is 2. The van der Waals surface area contributed by atoms with Gasteiger partial charge in [-0.25, -0.2) is 0 Å². The third kappa shape index (κ3) is 8.23. The first-order valence-electron chi connectivity index (χ1n) is 9.84. The van der Waals surface area contributed by atoms with E-state index in [2.05, 4.69) is 5.32 Å². The molecule has 2 rings (SSSR count). The molecule has 0 spiro atoms. The molecule has 0 aliphatic heterocycles. The minimum absolute atomic E-state index is 0.153. The summed E-state index contributed by atoms with van der Waals surface area (Å²) in [7, 11) is 0. The molecule has 0 saturated carbocycles. The molecule has 2 aromatic carbocycles. The number of thioether (sulfide) groups is 1. The number of nitrogens with zero attached hydrogens (tertiary/aromatic N) is 1. The number of amides is 2. The number of rotatable bonds is 8. The first-order valence-corrected chi connectivity index (χ1v) is 12.1. The van der Waals surface area contributed by atoms with Crippen LogP contribution in [-0.4, -0.2) is 34.0 Å². The van der Waals surface area contributed by atoms with Gasteiger partial charge in [0.1, 0.15) is 6.04 Å². The summed E-state index contributed by atoms with van der Waals surface area (Å²) in [4.78, 5) is 27.5. The number of halogens is 3. The molecule has 0 fully saturated rings. The van der Waals surface area contributed by atoms with Gasteiger partial charge < -0.3 is 10.2 Å². The second kappa shape index (κ2) is 11.5. The maximum atomic E-state index is 13.1. The maximum Gasteiger partial charge on any atom is 0.242 e. The lowest BCUT2D eigenvalue weighted by atomic mass is 10.1. The van der Waals surface area contributed by atoms with Gasteiger partial charge in [-0.15, -0.1) is 11.8 Å². The van der Waals surface area contributed by atoms with Gasteiger partial charge in [0.05, 0.1) is 5.75 Å². The van der Waals surface area contributed by atoms with Gasteiger partial charge in [0.2, 0.25) is 11.8 Å². The quantitative estimate of drug-likeness (QED) is 0.468. The van der Waals surface area contributed by atoms with Crippen LogP contribution >= 0.6 is 46.6 Å². The van der Waals surface area contributed by atoms with Gasteiger partial charge in [0.15, 0.2) is 0 Å². The number of hydrogen-bond donors (Lipinski definition) is 1. The van der Waals surface area contributed by atoms with E-state index in [0.717, 1.165) is 11.1 Å². The lowest BCUT2D eigenvalue weighted by Crippen LogP contribution is -2.52. The molecule has 8 heteroatoms. The SMILES string of the molecule is C[C@H](C(=O)NC(C)(C)C)N(Cc1ccc(Cl)cc1Cl)C(=O)CSCc1ccccc1Cl. The molecule has 168 valence electrons. The fraction of sp³-hybridized carbons (Fsp3) is 0.391. The Morgan fingerprint density at radius 1 is 1.03 bits per heavy atom. The molecule has 0 aliphatic carbocycles. The second-order valence-electron chi connectivity index (χ2n) is 8.26. The average Bonchev–Trinajstić information content (AvgIpc) is 2.67. The summed E-state index contributed by atoms with van der Waals surface area (Å²) < 4.78 is 0. The zero-order chi connectivity index (χ0) is 23.2. The van der Waals surface area contributed by atoms with Crippen molar-refractivity contribution in [2.45, 2.75) is 51.6 Å². The molecule has 0 radical (unpaired) electrons. The van der Waals surface area contributed by atoms with Crippen molar-refractivity contribution in [2.24, 2.45) is 0 Å². The van der Waals surface area contributed by atoms with E-state index in [-0.39, 0.29) is 24.1 Å².